The van der Waals surface area contributed by atoms with Crippen molar-refractivity contribution in [3.63, 3.8) is 0 Å². The molecule has 0 atom stereocenters. The van der Waals surface area contributed by atoms with Crippen molar-refractivity contribution in [2.75, 3.05) is 19.8 Å². The molecule has 108 valence electrons. The largest absolute Gasteiger partial charge is 0.478 e. The lowest BCUT2D eigenvalue weighted by atomic mass is 10.1. The van der Waals surface area contributed by atoms with Crippen LogP contribution in [0.25, 0.3) is 0 Å². The van der Waals surface area contributed by atoms with Crippen LogP contribution < -0.4 is 0 Å². The van der Waals surface area contributed by atoms with E-state index in [1.807, 2.05) is 0 Å². The molecule has 1 aromatic rings. The van der Waals surface area contributed by atoms with E-state index < -0.39 is 11.9 Å². The second-order valence-corrected chi connectivity index (χ2v) is 4.03. The molecule has 0 heterocycles. The van der Waals surface area contributed by atoms with Gasteiger partial charge in [-0.2, -0.15) is 0 Å². The Morgan fingerprint density at radius 3 is 2.40 bits per heavy atom. The van der Waals surface area contributed by atoms with Crippen molar-refractivity contribution in [3.8, 4) is 0 Å². The Morgan fingerprint density at radius 2 is 1.80 bits per heavy atom. The number of benzene rings is 1. The van der Waals surface area contributed by atoms with Crippen LogP contribution in [0.4, 0.5) is 0 Å². The molecule has 0 radical (unpaired) electrons. The summed E-state index contributed by atoms with van der Waals surface area (Å²) in [6.07, 6.45) is 0. The quantitative estimate of drug-likeness (QED) is 0.258. The summed E-state index contributed by atoms with van der Waals surface area (Å²) in [5, 5.41) is 8.95. The Kier molecular flexibility index (Phi) is 6.42. The van der Waals surface area contributed by atoms with Crippen LogP contribution in [-0.4, -0.2) is 36.9 Å². The van der Waals surface area contributed by atoms with Gasteiger partial charge >= 0.3 is 11.9 Å². The summed E-state index contributed by atoms with van der Waals surface area (Å²) < 4.78 is 4.90. The van der Waals surface area contributed by atoms with Crippen molar-refractivity contribution < 1.29 is 29.2 Å². The Hall–Kier alpha value is -2.18. The molecule has 0 bridgehead atoms. The van der Waals surface area contributed by atoms with Crippen LogP contribution in [0.2, 0.25) is 0 Å². The highest BCUT2D eigenvalue weighted by atomic mass is 17.2. The fraction of sp³-hybridized carbons (Fsp3) is 0.286. The number of hydrogen-bond donors (Lipinski definition) is 1. The zero-order chi connectivity index (χ0) is 15.0. The minimum absolute atomic E-state index is 0.00264. The van der Waals surface area contributed by atoms with Gasteiger partial charge in [0.1, 0.15) is 19.8 Å². The molecule has 0 fully saturated rings. The van der Waals surface area contributed by atoms with Gasteiger partial charge < -0.3 is 9.84 Å². The van der Waals surface area contributed by atoms with Gasteiger partial charge in [0.2, 0.25) is 0 Å². The maximum Gasteiger partial charge on any atom is 0.339 e. The first-order valence-corrected chi connectivity index (χ1v) is 5.90. The summed E-state index contributed by atoms with van der Waals surface area (Å²) in [4.78, 5) is 32.2. The number of carboxylic acid groups (broad SMARTS) is 1. The Bertz CT molecular complexity index is 494. The van der Waals surface area contributed by atoms with Crippen molar-refractivity contribution >= 4 is 11.9 Å². The SMILES string of the molecule is C=C(C)COOCCOC(=O)c1ccccc1C(=O)O. The second-order valence-electron chi connectivity index (χ2n) is 4.03. The van der Waals surface area contributed by atoms with Gasteiger partial charge in [0, 0.05) is 0 Å². The first-order chi connectivity index (χ1) is 9.52. The van der Waals surface area contributed by atoms with E-state index in [1.54, 1.807) is 13.0 Å². The molecule has 6 nitrogen and oxygen atoms in total. The van der Waals surface area contributed by atoms with Crippen LogP contribution in [-0.2, 0) is 14.5 Å². The third-order valence-corrected chi connectivity index (χ3v) is 2.17. The number of carboxylic acids is 1. The van der Waals surface area contributed by atoms with Crippen molar-refractivity contribution in [1.82, 2.24) is 0 Å². The van der Waals surface area contributed by atoms with E-state index in [4.69, 9.17) is 19.6 Å². The maximum atomic E-state index is 11.7. The van der Waals surface area contributed by atoms with E-state index in [0.717, 1.165) is 5.57 Å². The average molecular weight is 280 g/mol. The van der Waals surface area contributed by atoms with Gasteiger partial charge in [-0.25, -0.2) is 19.4 Å². The van der Waals surface area contributed by atoms with Crippen molar-refractivity contribution in [2.24, 2.45) is 0 Å². The monoisotopic (exact) mass is 280 g/mol. The predicted molar refractivity (Wildman–Crippen MR) is 70.4 cm³/mol. The molecule has 0 aliphatic rings. The lowest BCUT2D eigenvalue weighted by Crippen LogP contribution is -2.14. The summed E-state index contributed by atoms with van der Waals surface area (Å²) in [7, 11) is 0. The molecule has 0 saturated heterocycles. The lowest BCUT2D eigenvalue weighted by molar-refractivity contribution is -0.291. The zero-order valence-electron chi connectivity index (χ0n) is 11.1. The second kappa shape index (κ2) is 8.08. The van der Waals surface area contributed by atoms with Gasteiger partial charge in [0.05, 0.1) is 11.1 Å². The van der Waals surface area contributed by atoms with Crippen LogP contribution in [0, 0.1) is 0 Å². The van der Waals surface area contributed by atoms with Crippen molar-refractivity contribution in [2.45, 2.75) is 6.92 Å². The number of hydrogen-bond acceptors (Lipinski definition) is 5. The molecule has 0 aliphatic carbocycles. The molecule has 0 amide bonds. The number of esters is 1. The van der Waals surface area contributed by atoms with E-state index in [0.29, 0.717) is 0 Å². The van der Waals surface area contributed by atoms with Crippen LogP contribution in [0.3, 0.4) is 0 Å². The number of rotatable bonds is 8. The zero-order valence-corrected chi connectivity index (χ0v) is 11.1. The van der Waals surface area contributed by atoms with Gasteiger partial charge in [-0.3, -0.25) is 0 Å². The van der Waals surface area contributed by atoms with Gasteiger partial charge in [0.15, 0.2) is 0 Å². The highest BCUT2D eigenvalue weighted by Crippen LogP contribution is 2.10. The molecule has 1 N–H and O–H groups in total. The summed E-state index contributed by atoms with van der Waals surface area (Å²) in [6, 6.07) is 5.83. The minimum atomic E-state index is -1.18. The van der Waals surface area contributed by atoms with Crippen molar-refractivity contribution in [1.29, 1.82) is 0 Å². The molecule has 1 rings (SSSR count). The number of ether oxygens (including phenoxy) is 1. The molecule has 0 spiro atoms. The van der Waals surface area contributed by atoms with Crippen LogP contribution in [0.5, 0.6) is 0 Å². The highest BCUT2D eigenvalue weighted by Gasteiger charge is 2.16. The van der Waals surface area contributed by atoms with Crippen molar-refractivity contribution in [3.05, 3.63) is 47.5 Å². The summed E-state index contributed by atoms with van der Waals surface area (Å²) >= 11 is 0. The summed E-state index contributed by atoms with van der Waals surface area (Å²) in [5.41, 5.74) is 0.706. The average Bonchev–Trinajstić information content (AvgIpc) is 2.42. The van der Waals surface area contributed by atoms with E-state index in [9.17, 15) is 9.59 Å². The Labute approximate surface area is 116 Å². The van der Waals surface area contributed by atoms with E-state index in [-0.39, 0.29) is 30.9 Å². The lowest BCUT2D eigenvalue weighted by Gasteiger charge is -2.07. The first kappa shape index (κ1) is 15.9. The third-order valence-electron chi connectivity index (χ3n) is 2.17. The Morgan fingerprint density at radius 1 is 1.15 bits per heavy atom. The maximum absolute atomic E-state index is 11.7. The van der Waals surface area contributed by atoms with Crippen LogP contribution in [0.1, 0.15) is 27.6 Å². The normalized spacial score (nSPS) is 10.1. The van der Waals surface area contributed by atoms with E-state index in [2.05, 4.69) is 6.58 Å². The highest BCUT2D eigenvalue weighted by molar-refractivity contribution is 6.02. The van der Waals surface area contributed by atoms with Crippen LogP contribution >= 0.6 is 0 Å². The molecule has 0 aromatic heterocycles. The van der Waals surface area contributed by atoms with Gasteiger partial charge in [-0.05, 0) is 19.1 Å². The molecule has 0 unspecified atom stereocenters. The van der Waals surface area contributed by atoms with Gasteiger partial charge in [-0.1, -0.05) is 24.3 Å². The van der Waals surface area contributed by atoms with E-state index in [1.165, 1.54) is 18.2 Å². The minimum Gasteiger partial charge on any atom is -0.478 e. The van der Waals surface area contributed by atoms with Crippen LogP contribution in [0.15, 0.2) is 36.4 Å². The summed E-state index contributed by atoms with van der Waals surface area (Å²) in [6.45, 7) is 5.68. The van der Waals surface area contributed by atoms with Gasteiger partial charge in [0.25, 0.3) is 0 Å². The topological polar surface area (TPSA) is 82.1 Å². The fourth-order valence-electron chi connectivity index (χ4n) is 1.29. The predicted octanol–water partition coefficient (Wildman–Crippen LogP) is 2.07. The molecule has 6 heteroatoms. The molecule has 20 heavy (non-hydrogen) atoms. The fourth-order valence-corrected chi connectivity index (χ4v) is 1.29. The molecular weight excluding hydrogens is 264 g/mol. The van der Waals surface area contributed by atoms with Gasteiger partial charge in [-0.15, -0.1) is 0 Å². The Balaban J connectivity index is 2.40. The smallest absolute Gasteiger partial charge is 0.339 e. The molecule has 1 aromatic carbocycles. The molecule has 0 aliphatic heterocycles. The molecular formula is C14H16O6. The number of carbonyl (C=O) groups is 2. The third kappa shape index (κ3) is 5.21. The summed E-state index contributed by atoms with van der Waals surface area (Å²) in [5.74, 6) is -1.90. The van der Waals surface area contributed by atoms with E-state index >= 15 is 0 Å². The number of carbonyl (C=O) groups excluding carboxylic acids is 1. The molecule has 0 saturated carbocycles. The standard InChI is InChI=1S/C14H16O6/c1-10(2)9-20-19-8-7-18-14(17)12-6-4-3-5-11(12)13(15)16/h3-6H,1,7-9H2,2H3,(H,15,16). The number of aromatic carboxylic acids is 1. The first-order valence-electron chi connectivity index (χ1n) is 5.90.